The van der Waals surface area contributed by atoms with Crippen molar-refractivity contribution in [1.82, 2.24) is 9.88 Å². The molecule has 5 nitrogen and oxygen atoms in total. The molecule has 2 aromatic carbocycles. The smallest absolute Gasteiger partial charge is 0.257 e. The number of benzene rings is 2. The average molecular weight is 385 g/mol. The Kier molecular flexibility index (Phi) is 5.51. The van der Waals surface area contributed by atoms with Gasteiger partial charge in [0.15, 0.2) is 0 Å². The molecule has 0 radical (unpaired) electrons. The lowest BCUT2D eigenvalue weighted by Crippen LogP contribution is -2.31. The van der Waals surface area contributed by atoms with Crippen LogP contribution in [-0.2, 0) is 7.05 Å². The molecule has 0 saturated heterocycles. The summed E-state index contributed by atoms with van der Waals surface area (Å²) in [5.41, 5.74) is 1.43. The third-order valence-electron chi connectivity index (χ3n) is 4.43. The second-order valence-corrected chi connectivity index (χ2v) is 6.78. The van der Waals surface area contributed by atoms with Crippen molar-refractivity contribution in [2.75, 3.05) is 6.61 Å². The fourth-order valence-corrected chi connectivity index (χ4v) is 3.12. The molecule has 0 aliphatic heterocycles. The van der Waals surface area contributed by atoms with Crippen LogP contribution < -0.4 is 15.5 Å². The van der Waals surface area contributed by atoms with E-state index >= 15 is 0 Å². The van der Waals surface area contributed by atoms with Crippen LogP contribution in [0.4, 0.5) is 0 Å². The van der Waals surface area contributed by atoms with Crippen LogP contribution in [0, 0.1) is 0 Å². The third kappa shape index (κ3) is 3.98. The lowest BCUT2D eigenvalue weighted by Gasteiger charge is -2.15. The predicted molar refractivity (Wildman–Crippen MR) is 108 cm³/mol. The first kappa shape index (κ1) is 19.0. The molecule has 27 heavy (non-hydrogen) atoms. The Balaban J connectivity index is 1.95. The molecule has 1 aromatic heterocycles. The van der Waals surface area contributed by atoms with Crippen molar-refractivity contribution in [3.05, 3.63) is 75.0 Å². The zero-order valence-corrected chi connectivity index (χ0v) is 16.2. The van der Waals surface area contributed by atoms with E-state index in [-0.39, 0.29) is 17.0 Å². The van der Waals surface area contributed by atoms with Crippen LogP contribution in [0.2, 0.25) is 5.02 Å². The van der Waals surface area contributed by atoms with Gasteiger partial charge in [-0.1, -0.05) is 23.7 Å². The van der Waals surface area contributed by atoms with Crippen molar-refractivity contribution in [3.63, 3.8) is 0 Å². The molecule has 0 fully saturated rings. The van der Waals surface area contributed by atoms with Gasteiger partial charge in [0.05, 0.1) is 23.6 Å². The summed E-state index contributed by atoms with van der Waals surface area (Å²) in [6.07, 6.45) is 1.56. The number of nitrogens with zero attached hydrogens (tertiary/aromatic N) is 1. The quantitative estimate of drug-likeness (QED) is 0.721. The van der Waals surface area contributed by atoms with E-state index in [1.165, 1.54) is 0 Å². The van der Waals surface area contributed by atoms with Crippen LogP contribution in [-0.4, -0.2) is 17.1 Å². The highest BCUT2D eigenvalue weighted by Gasteiger charge is 2.17. The zero-order valence-electron chi connectivity index (χ0n) is 15.5. The molecule has 0 bridgehead atoms. The standard InChI is InChI=1S/C21H21ClN2O3/c1-4-27-16-9-10-19-17(11-16)20(25)18(12-24(19)3)21(26)23-13(2)14-5-7-15(22)8-6-14/h5-13H,4H2,1-3H3,(H,23,26)/t13-/m0/s1. The van der Waals surface area contributed by atoms with Crippen LogP contribution in [0.1, 0.15) is 35.8 Å². The van der Waals surface area contributed by atoms with Crippen LogP contribution in [0.5, 0.6) is 5.75 Å². The lowest BCUT2D eigenvalue weighted by atomic mass is 10.1. The summed E-state index contributed by atoms with van der Waals surface area (Å²) in [6, 6.07) is 12.3. The summed E-state index contributed by atoms with van der Waals surface area (Å²) < 4.78 is 7.25. The highest BCUT2D eigenvalue weighted by Crippen LogP contribution is 2.20. The zero-order chi connectivity index (χ0) is 19.6. The summed E-state index contributed by atoms with van der Waals surface area (Å²) in [5.74, 6) is 0.191. The van der Waals surface area contributed by atoms with Crippen molar-refractivity contribution in [1.29, 1.82) is 0 Å². The molecule has 1 atom stereocenters. The second kappa shape index (κ2) is 7.84. The number of rotatable bonds is 5. The van der Waals surface area contributed by atoms with E-state index in [0.29, 0.717) is 22.8 Å². The van der Waals surface area contributed by atoms with Crippen molar-refractivity contribution in [2.45, 2.75) is 19.9 Å². The van der Waals surface area contributed by atoms with Gasteiger partial charge in [-0.2, -0.15) is 0 Å². The molecule has 0 saturated carbocycles. The van der Waals surface area contributed by atoms with E-state index in [4.69, 9.17) is 16.3 Å². The molecule has 1 heterocycles. The predicted octanol–water partition coefficient (Wildman–Crippen LogP) is 4.08. The monoisotopic (exact) mass is 384 g/mol. The number of aryl methyl sites for hydroxylation is 1. The number of hydrogen-bond donors (Lipinski definition) is 1. The summed E-state index contributed by atoms with van der Waals surface area (Å²) >= 11 is 5.91. The molecule has 3 rings (SSSR count). The number of amides is 1. The Morgan fingerprint density at radius 3 is 2.59 bits per heavy atom. The van der Waals surface area contributed by atoms with Gasteiger partial charge in [0.2, 0.25) is 5.43 Å². The van der Waals surface area contributed by atoms with Crippen LogP contribution in [0.15, 0.2) is 53.5 Å². The molecule has 6 heteroatoms. The number of ether oxygens (including phenoxy) is 1. The number of pyridine rings is 1. The van der Waals surface area contributed by atoms with Gasteiger partial charge >= 0.3 is 0 Å². The molecular weight excluding hydrogens is 364 g/mol. The van der Waals surface area contributed by atoms with E-state index in [2.05, 4.69) is 5.32 Å². The molecule has 0 aliphatic rings. The van der Waals surface area contributed by atoms with Crippen molar-refractivity contribution >= 4 is 28.4 Å². The van der Waals surface area contributed by atoms with E-state index < -0.39 is 5.91 Å². The third-order valence-corrected chi connectivity index (χ3v) is 4.69. The van der Waals surface area contributed by atoms with Crippen LogP contribution >= 0.6 is 11.6 Å². The normalized spacial score (nSPS) is 12.0. The molecule has 140 valence electrons. The topological polar surface area (TPSA) is 60.3 Å². The minimum absolute atomic E-state index is 0.0967. The number of carbonyl (C=O) groups excluding carboxylic acids is 1. The second-order valence-electron chi connectivity index (χ2n) is 6.34. The summed E-state index contributed by atoms with van der Waals surface area (Å²) in [6.45, 7) is 4.24. The average Bonchev–Trinajstić information content (AvgIpc) is 2.65. The van der Waals surface area contributed by atoms with Gasteiger partial charge in [-0.05, 0) is 49.7 Å². The molecule has 0 spiro atoms. The Morgan fingerprint density at radius 2 is 1.93 bits per heavy atom. The van der Waals surface area contributed by atoms with E-state index in [1.807, 2.05) is 45.2 Å². The number of carbonyl (C=O) groups is 1. The van der Waals surface area contributed by atoms with Gasteiger partial charge in [0, 0.05) is 18.3 Å². The van der Waals surface area contributed by atoms with Gasteiger partial charge in [-0.15, -0.1) is 0 Å². The van der Waals surface area contributed by atoms with Crippen molar-refractivity contribution in [3.8, 4) is 5.75 Å². The maximum atomic E-state index is 12.9. The number of aromatic nitrogens is 1. The Labute approximate surface area is 162 Å². The number of fused-ring (bicyclic) bond motifs is 1. The van der Waals surface area contributed by atoms with Crippen LogP contribution in [0.3, 0.4) is 0 Å². The number of halogens is 1. The minimum Gasteiger partial charge on any atom is -0.494 e. The van der Waals surface area contributed by atoms with Gasteiger partial charge in [0.1, 0.15) is 11.3 Å². The molecule has 1 N–H and O–H groups in total. The molecule has 3 aromatic rings. The largest absolute Gasteiger partial charge is 0.494 e. The van der Waals surface area contributed by atoms with Gasteiger partial charge in [-0.3, -0.25) is 9.59 Å². The van der Waals surface area contributed by atoms with E-state index in [0.717, 1.165) is 11.1 Å². The first-order chi connectivity index (χ1) is 12.9. The Hall–Kier alpha value is -2.79. The summed E-state index contributed by atoms with van der Waals surface area (Å²) in [4.78, 5) is 25.6. The molecular formula is C21H21ClN2O3. The first-order valence-electron chi connectivity index (χ1n) is 8.73. The van der Waals surface area contributed by atoms with Gasteiger partial charge in [-0.25, -0.2) is 0 Å². The first-order valence-corrected chi connectivity index (χ1v) is 9.11. The van der Waals surface area contributed by atoms with Crippen LogP contribution in [0.25, 0.3) is 10.9 Å². The van der Waals surface area contributed by atoms with Crippen molar-refractivity contribution < 1.29 is 9.53 Å². The SMILES string of the molecule is CCOc1ccc2c(c1)c(=O)c(C(=O)N[C@@H](C)c1ccc(Cl)cc1)cn2C. The molecule has 0 unspecified atom stereocenters. The fourth-order valence-electron chi connectivity index (χ4n) is 3.00. The maximum absolute atomic E-state index is 12.9. The van der Waals surface area contributed by atoms with Gasteiger partial charge < -0.3 is 14.6 Å². The van der Waals surface area contributed by atoms with E-state index in [1.54, 1.807) is 29.0 Å². The molecule has 1 amide bonds. The number of nitrogens with one attached hydrogen (secondary N) is 1. The maximum Gasteiger partial charge on any atom is 0.257 e. The Morgan fingerprint density at radius 1 is 1.22 bits per heavy atom. The van der Waals surface area contributed by atoms with E-state index in [9.17, 15) is 9.59 Å². The number of hydrogen-bond acceptors (Lipinski definition) is 3. The minimum atomic E-state index is -0.415. The fraction of sp³-hybridized carbons (Fsp3) is 0.238. The summed E-state index contributed by atoms with van der Waals surface area (Å²) in [5, 5.41) is 3.96. The highest BCUT2D eigenvalue weighted by atomic mass is 35.5. The van der Waals surface area contributed by atoms with Gasteiger partial charge in [0.25, 0.3) is 5.91 Å². The molecule has 0 aliphatic carbocycles. The lowest BCUT2D eigenvalue weighted by molar-refractivity contribution is 0.0938. The van der Waals surface area contributed by atoms with Crippen molar-refractivity contribution in [2.24, 2.45) is 7.05 Å². The Bertz CT molecular complexity index is 1040. The highest BCUT2D eigenvalue weighted by molar-refractivity contribution is 6.30. The summed E-state index contributed by atoms with van der Waals surface area (Å²) in [7, 11) is 1.81.